The molecule has 0 aliphatic carbocycles. The van der Waals surface area contributed by atoms with Gasteiger partial charge in [-0.15, -0.1) is 0 Å². The molecule has 0 saturated carbocycles. The second kappa shape index (κ2) is 4.66. The van der Waals surface area contributed by atoms with Crippen molar-refractivity contribution in [2.45, 2.75) is 13.8 Å². The summed E-state index contributed by atoms with van der Waals surface area (Å²) in [5.74, 6) is -1.30. The summed E-state index contributed by atoms with van der Waals surface area (Å²) < 4.78 is 26.0. The Hall–Kier alpha value is -1.30. The zero-order valence-corrected chi connectivity index (χ0v) is 8.04. The number of rotatable bonds is 4. The average molecular weight is 206 g/mol. The fourth-order valence-electron chi connectivity index (χ4n) is 0.428. The number of allylic oxidation sites excluding steroid dienone is 1. The fourth-order valence-corrected chi connectivity index (χ4v) is 1.28. The molecule has 0 unspecified atom stereocenters. The van der Waals surface area contributed by atoms with Crippen LogP contribution in [0.3, 0.4) is 0 Å². The van der Waals surface area contributed by atoms with Crippen molar-refractivity contribution >= 4 is 16.1 Å². The first kappa shape index (κ1) is 11.7. The number of aliphatic carboxylic acids is 1. The van der Waals surface area contributed by atoms with E-state index in [1.165, 1.54) is 13.0 Å². The van der Waals surface area contributed by atoms with E-state index >= 15 is 0 Å². The molecule has 0 atom stereocenters. The normalized spacial score (nSPS) is 13.2. The molecule has 1 N–H and O–H groups in total. The summed E-state index contributed by atoms with van der Waals surface area (Å²) >= 11 is 0. The third kappa shape index (κ3) is 5.02. The Morgan fingerprint density at radius 3 is 2.38 bits per heavy atom. The highest BCUT2D eigenvalue weighted by molar-refractivity contribution is 7.89. The molecule has 0 heterocycles. The average Bonchev–Trinajstić information content (AvgIpc) is 2.00. The van der Waals surface area contributed by atoms with E-state index in [-0.39, 0.29) is 5.57 Å². The Kier molecular flexibility index (Phi) is 4.19. The van der Waals surface area contributed by atoms with Crippen molar-refractivity contribution in [2.24, 2.45) is 0 Å². The lowest BCUT2D eigenvalue weighted by atomic mass is 10.4. The van der Waals surface area contributed by atoms with Gasteiger partial charge in [0.1, 0.15) is 6.26 Å². The maximum Gasteiger partial charge on any atom is 0.332 e. The molecule has 0 rings (SSSR count). The van der Waals surface area contributed by atoms with Gasteiger partial charge in [0, 0.05) is 5.57 Å². The van der Waals surface area contributed by atoms with Gasteiger partial charge in [-0.2, -0.15) is 8.42 Å². The molecule has 74 valence electrons. The van der Waals surface area contributed by atoms with Gasteiger partial charge in [0.05, 0.1) is 5.41 Å². The highest BCUT2D eigenvalue weighted by Crippen LogP contribution is 2.02. The molecule has 5 nitrogen and oxygen atoms in total. The van der Waals surface area contributed by atoms with Crippen LogP contribution in [0.1, 0.15) is 13.8 Å². The Labute approximate surface area is 76.5 Å². The SMILES string of the molecule is CC=COS(=O)(=O)C=C(C)C(=O)O. The Bertz CT molecular complexity index is 336. The van der Waals surface area contributed by atoms with Crippen molar-refractivity contribution in [2.75, 3.05) is 0 Å². The van der Waals surface area contributed by atoms with E-state index in [0.717, 1.165) is 6.26 Å². The summed E-state index contributed by atoms with van der Waals surface area (Å²) in [6, 6.07) is 0. The molecule has 0 spiro atoms. The van der Waals surface area contributed by atoms with Crippen molar-refractivity contribution in [1.82, 2.24) is 0 Å². The van der Waals surface area contributed by atoms with Crippen molar-refractivity contribution in [3.8, 4) is 0 Å². The van der Waals surface area contributed by atoms with Crippen molar-refractivity contribution in [3.05, 3.63) is 23.3 Å². The molecule has 13 heavy (non-hydrogen) atoms. The van der Waals surface area contributed by atoms with E-state index in [1.54, 1.807) is 6.92 Å². The standard InChI is InChI=1S/C7H10O5S/c1-3-4-12-13(10,11)5-6(2)7(8)9/h3-5H,1-2H3,(H,8,9). The van der Waals surface area contributed by atoms with Gasteiger partial charge >= 0.3 is 16.1 Å². The molecule has 0 aromatic carbocycles. The lowest BCUT2D eigenvalue weighted by Gasteiger charge is -1.96. The van der Waals surface area contributed by atoms with Crippen molar-refractivity contribution in [3.63, 3.8) is 0 Å². The van der Waals surface area contributed by atoms with Gasteiger partial charge in [-0.25, -0.2) is 4.79 Å². The zero-order valence-electron chi connectivity index (χ0n) is 7.22. The molecule has 0 amide bonds. The number of carboxylic acid groups (broad SMARTS) is 1. The van der Waals surface area contributed by atoms with Crippen LogP contribution in [0.5, 0.6) is 0 Å². The van der Waals surface area contributed by atoms with Crippen LogP contribution in [0, 0.1) is 0 Å². The molecule has 0 radical (unpaired) electrons. The summed E-state index contributed by atoms with van der Waals surface area (Å²) in [5.41, 5.74) is -0.301. The van der Waals surface area contributed by atoms with E-state index in [4.69, 9.17) is 5.11 Å². The van der Waals surface area contributed by atoms with E-state index in [2.05, 4.69) is 4.18 Å². The molecule has 0 aliphatic heterocycles. The number of carboxylic acids is 1. The molecular weight excluding hydrogens is 196 g/mol. The number of carbonyl (C=O) groups is 1. The minimum Gasteiger partial charge on any atom is -0.478 e. The van der Waals surface area contributed by atoms with Crippen LogP contribution in [0.4, 0.5) is 0 Å². The molecule has 0 saturated heterocycles. The van der Waals surface area contributed by atoms with Crippen LogP contribution in [0.15, 0.2) is 23.3 Å². The first-order chi connectivity index (χ1) is 5.89. The van der Waals surface area contributed by atoms with Crippen LogP contribution in [0.25, 0.3) is 0 Å². The smallest absolute Gasteiger partial charge is 0.332 e. The van der Waals surface area contributed by atoms with Crippen molar-refractivity contribution in [1.29, 1.82) is 0 Å². The molecule has 0 bridgehead atoms. The zero-order chi connectivity index (χ0) is 10.5. The van der Waals surface area contributed by atoms with Gasteiger partial charge in [0.15, 0.2) is 0 Å². The second-order valence-electron chi connectivity index (χ2n) is 2.16. The predicted octanol–water partition coefficient (Wildman–Crippen LogP) is 0.855. The van der Waals surface area contributed by atoms with Gasteiger partial charge in [-0.05, 0) is 13.8 Å². The summed E-state index contributed by atoms with van der Waals surface area (Å²) in [7, 11) is -3.92. The lowest BCUT2D eigenvalue weighted by Crippen LogP contribution is -2.02. The van der Waals surface area contributed by atoms with E-state index < -0.39 is 16.1 Å². The highest BCUT2D eigenvalue weighted by atomic mass is 32.2. The molecular formula is C7H10O5S. The minimum absolute atomic E-state index is 0.301. The molecule has 0 aliphatic rings. The van der Waals surface area contributed by atoms with E-state index in [9.17, 15) is 13.2 Å². The van der Waals surface area contributed by atoms with E-state index in [1.807, 2.05) is 0 Å². The van der Waals surface area contributed by atoms with E-state index in [0.29, 0.717) is 5.41 Å². The predicted molar refractivity (Wildman–Crippen MR) is 46.2 cm³/mol. The third-order valence-corrected chi connectivity index (χ3v) is 2.01. The number of hydrogen-bond donors (Lipinski definition) is 1. The molecule has 0 aromatic heterocycles. The Morgan fingerprint density at radius 1 is 1.46 bits per heavy atom. The van der Waals surface area contributed by atoms with Gasteiger partial charge < -0.3 is 9.29 Å². The van der Waals surface area contributed by atoms with Crippen LogP contribution in [-0.2, 0) is 19.1 Å². The van der Waals surface area contributed by atoms with Gasteiger partial charge in [0.25, 0.3) is 0 Å². The molecule has 6 heteroatoms. The Balaban J connectivity index is 4.69. The lowest BCUT2D eigenvalue weighted by molar-refractivity contribution is -0.132. The van der Waals surface area contributed by atoms with Gasteiger partial charge in [-0.3, -0.25) is 0 Å². The summed E-state index contributed by atoms with van der Waals surface area (Å²) in [4.78, 5) is 10.2. The van der Waals surface area contributed by atoms with Crippen LogP contribution < -0.4 is 0 Å². The summed E-state index contributed by atoms with van der Waals surface area (Å²) in [6.45, 7) is 2.74. The topological polar surface area (TPSA) is 80.7 Å². The van der Waals surface area contributed by atoms with Crippen molar-refractivity contribution < 1.29 is 22.5 Å². The monoisotopic (exact) mass is 206 g/mol. The minimum atomic E-state index is -3.92. The first-order valence-corrected chi connectivity index (χ1v) is 4.82. The maximum absolute atomic E-state index is 10.9. The maximum atomic E-state index is 10.9. The summed E-state index contributed by atoms with van der Waals surface area (Å²) in [5, 5.41) is 8.92. The quantitative estimate of drug-likeness (QED) is 0.419. The van der Waals surface area contributed by atoms with Crippen LogP contribution in [0.2, 0.25) is 0 Å². The van der Waals surface area contributed by atoms with Crippen LogP contribution >= 0.6 is 0 Å². The third-order valence-electron chi connectivity index (χ3n) is 0.984. The van der Waals surface area contributed by atoms with Crippen LogP contribution in [-0.4, -0.2) is 19.5 Å². The number of hydrogen-bond acceptors (Lipinski definition) is 4. The Morgan fingerprint density at radius 2 is 2.00 bits per heavy atom. The fraction of sp³-hybridized carbons (Fsp3) is 0.286. The largest absolute Gasteiger partial charge is 0.478 e. The molecule has 0 fully saturated rings. The first-order valence-electron chi connectivity index (χ1n) is 3.35. The molecule has 0 aromatic rings. The van der Waals surface area contributed by atoms with Gasteiger partial charge in [0.2, 0.25) is 0 Å². The second-order valence-corrected chi connectivity index (χ2v) is 3.58. The summed E-state index contributed by atoms with van der Waals surface area (Å²) in [6.07, 6.45) is 2.34. The van der Waals surface area contributed by atoms with Gasteiger partial charge in [-0.1, -0.05) is 6.08 Å². The highest BCUT2D eigenvalue weighted by Gasteiger charge is 2.09.